The molecule has 0 spiro atoms. The minimum Gasteiger partial charge on any atom is -0.373 e. The summed E-state index contributed by atoms with van der Waals surface area (Å²) in [6.07, 6.45) is 3.82. The topological polar surface area (TPSA) is 45.7 Å². The van der Waals surface area contributed by atoms with Crippen molar-refractivity contribution in [1.29, 1.82) is 0 Å². The monoisotopic (exact) mass is 329 g/mol. The first-order valence-electron chi connectivity index (χ1n) is 7.88. The number of rotatable bonds is 3. The van der Waals surface area contributed by atoms with Crippen LogP contribution in [0.5, 0.6) is 0 Å². The summed E-state index contributed by atoms with van der Waals surface area (Å²) in [5.41, 5.74) is 1.20. The number of hydrogen-bond donors (Lipinski definition) is 0. The van der Waals surface area contributed by atoms with E-state index < -0.39 is 0 Å². The molecule has 2 saturated heterocycles. The van der Waals surface area contributed by atoms with Crippen LogP contribution < -0.4 is 0 Å². The van der Waals surface area contributed by atoms with Crippen LogP contribution in [0.4, 0.5) is 0 Å². The molecule has 0 aromatic carbocycles. The number of hydrogen-bond acceptors (Lipinski definition) is 5. The Bertz CT molecular complexity index is 662. The van der Waals surface area contributed by atoms with Gasteiger partial charge in [-0.2, -0.15) is 0 Å². The molecule has 1 amide bonds. The van der Waals surface area contributed by atoms with Crippen molar-refractivity contribution in [3.05, 3.63) is 52.5 Å². The van der Waals surface area contributed by atoms with E-state index >= 15 is 0 Å². The normalized spacial score (nSPS) is 24.6. The van der Waals surface area contributed by atoms with Crippen LogP contribution in [0.1, 0.15) is 15.2 Å². The smallest absolute Gasteiger partial charge is 0.264 e. The van der Waals surface area contributed by atoms with Crippen LogP contribution in [0.3, 0.4) is 0 Å². The van der Waals surface area contributed by atoms with E-state index in [-0.39, 0.29) is 18.1 Å². The third kappa shape index (κ3) is 3.02. The highest BCUT2D eigenvalue weighted by Crippen LogP contribution is 2.26. The molecule has 2 aliphatic rings. The molecule has 4 rings (SSSR count). The van der Waals surface area contributed by atoms with E-state index in [1.165, 1.54) is 16.9 Å². The molecule has 2 atom stereocenters. The minimum atomic E-state index is 0.115. The number of pyridine rings is 1. The maximum absolute atomic E-state index is 12.6. The van der Waals surface area contributed by atoms with Crippen LogP contribution in [0, 0.1) is 0 Å². The van der Waals surface area contributed by atoms with Gasteiger partial charge >= 0.3 is 0 Å². The molecule has 120 valence electrons. The number of carbonyl (C=O) groups excluding carboxylic acids is 1. The second kappa shape index (κ2) is 6.39. The van der Waals surface area contributed by atoms with Crippen LogP contribution in [0.2, 0.25) is 0 Å². The molecule has 0 saturated carbocycles. The zero-order valence-corrected chi connectivity index (χ0v) is 13.6. The Labute approximate surface area is 139 Å². The fourth-order valence-electron chi connectivity index (χ4n) is 3.40. The van der Waals surface area contributed by atoms with E-state index in [2.05, 4.69) is 16.0 Å². The molecule has 0 N–H and O–H groups in total. The van der Waals surface area contributed by atoms with Gasteiger partial charge in [-0.05, 0) is 23.1 Å². The number of aromatic nitrogens is 1. The number of nitrogens with zero attached hydrogens (tertiary/aromatic N) is 3. The molecule has 0 bridgehead atoms. The second-order valence-corrected chi connectivity index (χ2v) is 6.94. The number of fused-ring (bicyclic) bond motifs is 1. The number of thiophene rings is 1. The molecule has 4 heterocycles. The van der Waals surface area contributed by atoms with Gasteiger partial charge in [0.1, 0.15) is 0 Å². The van der Waals surface area contributed by atoms with Crippen molar-refractivity contribution in [2.75, 3.05) is 26.2 Å². The Morgan fingerprint density at radius 1 is 1.35 bits per heavy atom. The first-order chi connectivity index (χ1) is 11.3. The zero-order valence-electron chi connectivity index (χ0n) is 12.8. The predicted octanol–water partition coefficient (Wildman–Crippen LogP) is 1.87. The van der Waals surface area contributed by atoms with Gasteiger partial charge in [0.25, 0.3) is 5.91 Å². The molecule has 23 heavy (non-hydrogen) atoms. The molecule has 2 aromatic rings. The number of likely N-dealkylation sites (tertiary alicyclic amines) is 1. The number of carbonyl (C=O) groups is 1. The Balaban J connectivity index is 1.47. The van der Waals surface area contributed by atoms with Gasteiger partial charge in [0, 0.05) is 38.6 Å². The highest BCUT2D eigenvalue weighted by molar-refractivity contribution is 7.12. The maximum atomic E-state index is 12.6. The van der Waals surface area contributed by atoms with Crippen molar-refractivity contribution in [3.8, 4) is 0 Å². The summed E-state index contributed by atoms with van der Waals surface area (Å²) < 4.78 is 5.92. The predicted molar refractivity (Wildman–Crippen MR) is 88.4 cm³/mol. The van der Waals surface area contributed by atoms with Gasteiger partial charge in [-0.15, -0.1) is 11.3 Å². The van der Waals surface area contributed by atoms with Crippen molar-refractivity contribution >= 4 is 17.2 Å². The van der Waals surface area contributed by atoms with Crippen LogP contribution in [-0.4, -0.2) is 59.1 Å². The van der Waals surface area contributed by atoms with Crippen LogP contribution >= 0.6 is 11.3 Å². The lowest BCUT2D eigenvalue weighted by Gasteiger charge is -2.36. The first kappa shape index (κ1) is 14.8. The molecule has 0 radical (unpaired) electrons. The van der Waals surface area contributed by atoms with E-state index in [4.69, 9.17) is 4.74 Å². The number of ether oxygens (including phenoxy) is 1. The first-order valence-corrected chi connectivity index (χ1v) is 8.76. The molecule has 0 aliphatic carbocycles. The van der Waals surface area contributed by atoms with Gasteiger partial charge in [0.05, 0.1) is 23.6 Å². The summed E-state index contributed by atoms with van der Waals surface area (Å²) in [7, 11) is 0. The zero-order chi connectivity index (χ0) is 15.6. The van der Waals surface area contributed by atoms with E-state index in [1.54, 1.807) is 6.20 Å². The van der Waals surface area contributed by atoms with E-state index in [0.717, 1.165) is 31.1 Å². The van der Waals surface area contributed by atoms with E-state index in [1.807, 2.05) is 34.7 Å². The lowest BCUT2D eigenvalue weighted by molar-refractivity contribution is -0.0503. The Hall–Kier alpha value is -1.76. The lowest BCUT2D eigenvalue weighted by Crippen LogP contribution is -2.50. The van der Waals surface area contributed by atoms with Gasteiger partial charge < -0.3 is 9.64 Å². The van der Waals surface area contributed by atoms with Crippen molar-refractivity contribution in [2.45, 2.75) is 18.7 Å². The van der Waals surface area contributed by atoms with Crippen LogP contribution in [0.25, 0.3) is 0 Å². The van der Waals surface area contributed by atoms with Gasteiger partial charge in [-0.1, -0.05) is 12.1 Å². The van der Waals surface area contributed by atoms with Crippen molar-refractivity contribution < 1.29 is 9.53 Å². The standard InChI is InChI=1S/C17H19N3O2S/c21-17(16-4-2-8-23-16)20-11-14-15(12-20)22-7-6-19(14)10-13-3-1-5-18-9-13/h1-5,8-9,14-15H,6-7,10-12H2. The lowest BCUT2D eigenvalue weighted by atomic mass is 10.1. The minimum absolute atomic E-state index is 0.115. The molecular formula is C17H19N3O2S. The van der Waals surface area contributed by atoms with Gasteiger partial charge in [-0.25, -0.2) is 0 Å². The molecule has 2 aromatic heterocycles. The molecular weight excluding hydrogens is 310 g/mol. The van der Waals surface area contributed by atoms with Gasteiger partial charge in [0.2, 0.25) is 0 Å². The summed E-state index contributed by atoms with van der Waals surface area (Å²) in [5, 5.41) is 1.95. The Kier molecular flexibility index (Phi) is 4.11. The van der Waals surface area contributed by atoms with Crippen molar-refractivity contribution in [1.82, 2.24) is 14.8 Å². The summed E-state index contributed by atoms with van der Waals surface area (Å²) >= 11 is 1.50. The molecule has 6 heteroatoms. The maximum Gasteiger partial charge on any atom is 0.264 e. The fraction of sp³-hybridized carbons (Fsp3) is 0.412. The quantitative estimate of drug-likeness (QED) is 0.862. The second-order valence-electron chi connectivity index (χ2n) is 6.00. The van der Waals surface area contributed by atoms with Gasteiger partial charge in [-0.3, -0.25) is 14.7 Å². The van der Waals surface area contributed by atoms with Crippen molar-refractivity contribution in [3.63, 3.8) is 0 Å². The SMILES string of the molecule is O=C(c1cccs1)N1CC2OCCN(Cc3cccnc3)C2C1. The summed E-state index contributed by atoms with van der Waals surface area (Å²) in [5.74, 6) is 0.124. The average Bonchev–Trinajstić information content (AvgIpc) is 3.25. The number of morpholine rings is 1. The largest absolute Gasteiger partial charge is 0.373 e. The third-order valence-corrected chi connectivity index (χ3v) is 5.40. The van der Waals surface area contributed by atoms with Crippen LogP contribution in [-0.2, 0) is 11.3 Å². The molecule has 5 nitrogen and oxygen atoms in total. The summed E-state index contributed by atoms with van der Waals surface area (Å²) in [4.78, 5) is 21.9. The fourth-order valence-corrected chi connectivity index (χ4v) is 4.09. The third-order valence-electron chi connectivity index (χ3n) is 4.54. The molecule has 2 unspecified atom stereocenters. The van der Waals surface area contributed by atoms with E-state index in [0.29, 0.717) is 6.54 Å². The van der Waals surface area contributed by atoms with Gasteiger partial charge in [0.15, 0.2) is 0 Å². The Morgan fingerprint density at radius 2 is 2.30 bits per heavy atom. The van der Waals surface area contributed by atoms with Crippen molar-refractivity contribution in [2.24, 2.45) is 0 Å². The highest BCUT2D eigenvalue weighted by atomic mass is 32.1. The Morgan fingerprint density at radius 3 is 3.09 bits per heavy atom. The molecule has 2 fully saturated rings. The average molecular weight is 329 g/mol. The van der Waals surface area contributed by atoms with Crippen LogP contribution in [0.15, 0.2) is 42.0 Å². The van der Waals surface area contributed by atoms with E-state index in [9.17, 15) is 4.79 Å². The molecule has 2 aliphatic heterocycles. The highest BCUT2D eigenvalue weighted by Gasteiger charge is 2.41. The summed E-state index contributed by atoms with van der Waals surface area (Å²) in [6, 6.07) is 8.15. The summed E-state index contributed by atoms with van der Waals surface area (Å²) in [6.45, 7) is 3.91. The number of amides is 1.